The van der Waals surface area contributed by atoms with E-state index in [0.717, 1.165) is 28.7 Å². The molecule has 214 valence electrons. The molecule has 0 aliphatic rings. The lowest BCUT2D eigenvalue weighted by Crippen LogP contribution is -2.50. The molecular weight excluding hydrogens is 522 g/mol. The van der Waals surface area contributed by atoms with Crippen molar-refractivity contribution < 1.29 is 18.0 Å². The van der Waals surface area contributed by atoms with E-state index in [4.69, 9.17) is 0 Å². The first-order valence-corrected chi connectivity index (χ1v) is 15.7. The molecule has 0 spiro atoms. The molecule has 3 rings (SSSR count). The molecule has 0 saturated heterocycles. The minimum atomic E-state index is -3.54. The van der Waals surface area contributed by atoms with Crippen LogP contribution in [0.3, 0.4) is 0 Å². The number of carbonyl (C=O) groups is 2. The lowest BCUT2D eigenvalue weighted by atomic mass is 10.0. The van der Waals surface area contributed by atoms with Crippen molar-refractivity contribution in [3.8, 4) is 0 Å². The maximum atomic E-state index is 13.8. The molecule has 0 aliphatic heterocycles. The van der Waals surface area contributed by atoms with Gasteiger partial charge in [0.2, 0.25) is 21.8 Å². The normalized spacial score (nSPS) is 12.0. The molecule has 0 saturated carbocycles. The van der Waals surface area contributed by atoms with Gasteiger partial charge in [0.25, 0.3) is 0 Å². The third-order valence-corrected chi connectivity index (χ3v) is 8.20. The second-order valence-corrected chi connectivity index (χ2v) is 11.9. The van der Waals surface area contributed by atoms with Crippen LogP contribution in [0.5, 0.6) is 0 Å². The van der Waals surface area contributed by atoms with Crippen LogP contribution in [0.25, 0.3) is 0 Å². The number of amides is 2. The molecule has 40 heavy (non-hydrogen) atoms. The Balaban J connectivity index is 1.86. The summed E-state index contributed by atoms with van der Waals surface area (Å²) in [5.74, 6) is -0.396. The van der Waals surface area contributed by atoms with Crippen LogP contribution < -0.4 is 9.62 Å². The predicted molar refractivity (Wildman–Crippen MR) is 162 cm³/mol. The Morgan fingerprint density at radius 2 is 1.52 bits per heavy atom. The molecular formula is C32H41N3O4S. The smallest absolute Gasteiger partial charge is 0.243 e. The molecule has 2 amide bonds. The average molecular weight is 564 g/mol. The minimum absolute atomic E-state index is 0.107. The number of sulfonamides is 1. The highest BCUT2D eigenvalue weighted by Crippen LogP contribution is 2.21. The van der Waals surface area contributed by atoms with Crippen molar-refractivity contribution in [1.82, 2.24) is 10.2 Å². The monoisotopic (exact) mass is 563 g/mol. The van der Waals surface area contributed by atoms with Crippen molar-refractivity contribution in [2.75, 3.05) is 23.7 Å². The van der Waals surface area contributed by atoms with Crippen molar-refractivity contribution in [3.05, 3.63) is 101 Å². The van der Waals surface area contributed by atoms with E-state index in [1.807, 2.05) is 87.5 Å². The van der Waals surface area contributed by atoms with Crippen LogP contribution in [0.2, 0.25) is 0 Å². The summed E-state index contributed by atoms with van der Waals surface area (Å²) in [6.45, 7) is 6.80. The molecule has 0 aromatic heterocycles. The molecule has 7 nitrogen and oxygen atoms in total. The van der Waals surface area contributed by atoms with E-state index in [-0.39, 0.29) is 31.3 Å². The highest BCUT2D eigenvalue weighted by Gasteiger charge is 2.30. The highest BCUT2D eigenvalue weighted by atomic mass is 32.2. The van der Waals surface area contributed by atoms with Crippen LogP contribution in [0.1, 0.15) is 48.9 Å². The SMILES string of the molecule is CCNC(=O)[C@@H](Cc1ccccc1)N(Cc1ccccc1C)C(=O)CCCN(c1ccc(CC)cc1)S(C)(=O)=O. The van der Waals surface area contributed by atoms with Crippen LogP contribution in [0.4, 0.5) is 5.69 Å². The predicted octanol–water partition coefficient (Wildman–Crippen LogP) is 4.88. The van der Waals surface area contributed by atoms with E-state index < -0.39 is 16.1 Å². The van der Waals surface area contributed by atoms with Gasteiger partial charge in [0, 0.05) is 32.5 Å². The quantitative estimate of drug-likeness (QED) is 0.303. The fourth-order valence-electron chi connectivity index (χ4n) is 4.72. The Kier molecular flexibility index (Phi) is 11.3. The number of rotatable bonds is 14. The topological polar surface area (TPSA) is 86.8 Å². The molecule has 0 heterocycles. The number of carbonyl (C=O) groups excluding carboxylic acids is 2. The van der Waals surface area contributed by atoms with Crippen LogP contribution in [-0.4, -0.2) is 50.5 Å². The van der Waals surface area contributed by atoms with Gasteiger partial charge in [0.1, 0.15) is 6.04 Å². The second kappa shape index (κ2) is 14.7. The number of likely N-dealkylation sites (N-methyl/N-ethyl adjacent to an activating group) is 1. The number of nitrogens with zero attached hydrogens (tertiary/aromatic N) is 2. The zero-order chi connectivity index (χ0) is 29.1. The summed E-state index contributed by atoms with van der Waals surface area (Å²) in [4.78, 5) is 28.8. The summed E-state index contributed by atoms with van der Waals surface area (Å²) < 4.78 is 26.6. The number of aryl methyl sites for hydroxylation is 2. The van der Waals surface area contributed by atoms with Crippen LogP contribution in [-0.2, 0) is 39.0 Å². The van der Waals surface area contributed by atoms with Gasteiger partial charge < -0.3 is 10.2 Å². The molecule has 0 unspecified atom stereocenters. The van der Waals surface area contributed by atoms with E-state index in [0.29, 0.717) is 25.1 Å². The lowest BCUT2D eigenvalue weighted by Gasteiger charge is -2.32. The first kappa shape index (κ1) is 30.9. The van der Waals surface area contributed by atoms with Crippen molar-refractivity contribution in [3.63, 3.8) is 0 Å². The Bertz CT molecular complexity index is 1360. The first-order valence-electron chi connectivity index (χ1n) is 13.9. The highest BCUT2D eigenvalue weighted by molar-refractivity contribution is 7.92. The van der Waals surface area contributed by atoms with Crippen molar-refractivity contribution in [2.45, 2.75) is 59.0 Å². The molecule has 1 N–H and O–H groups in total. The van der Waals surface area contributed by atoms with Gasteiger partial charge >= 0.3 is 0 Å². The van der Waals surface area contributed by atoms with Gasteiger partial charge in [-0.25, -0.2) is 8.42 Å². The number of hydrogen-bond acceptors (Lipinski definition) is 4. The zero-order valence-electron chi connectivity index (χ0n) is 24.0. The molecule has 1 atom stereocenters. The fourth-order valence-corrected chi connectivity index (χ4v) is 5.68. The molecule has 0 radical (unpaired) electrons. The van der Waals surface area contributed by atoms with Gasteiger partial charge in [-0.2, -0.15) is 0 Å². The third kappa shape index (κ3) is 8.68. The summed E-state index contributed by atoms with van der Waals surface area (Å²) in [5.41, 5.74) is 4.66. The van der Waals surface area contributed by atoms with E-state index in [2.05, 4.69) is 5.32 Å². The van der Waals surface area contributed by atoms with Crippen LogP contribution >= 0.6 is 0 Å². The number of nitrogens with one attached hydrogen (secondary N) is 1. The van der Waals surface area contributed by atoms with Crippen molar-refractivity contribution >= 4 is 27.5 Å². The summed E-state index contributed by atoms with van der Waals surface area (Å²) in [5, 5.41) is 2.91. The standard InChI is InChI=1S/C32H41N3O4S/c1-5-26-18-20-29(21-19-26)35(40(4,38)39)22-12-17-31(36)34(24-28-16-11-10-13-25(28)3)30(32(37)33-6-2)23-27-14-8-7-9-15-27/h7-11,13-16,18-21,30H,5-6,12,17,22-24H2,1-4H3,(H,33,37)/t30-/m1/s1. The zero-order valence-corrected chi connectivity index (χ0v) is 24.8. The Labute approximate surface area is 239 Å². The van der Waals surface area contributed by atoms with Crippen LogP contribution in [0, 0.1) is 6.92 Å². The summed E-state index contributed by atoms with van der Waals surface area (Å²) >= 11 is 0. The van der Waals surface area contributed by atoms with E-state index in [9.17, 15) is 18.0 Å². The average Bonchev–Trinajstić information content (AvgIpc) is 2.94. The molecule has 3 aromatic rings. The Hall–Kier alpha value is -3.65. The largest absolute Gasteiger partial charge is 0.355 e. The third-order valence-electron chi connectivity index (χ3n) is 7.01. The molecule has 3 aromatic carbocycles. The van der Waals surface area contributed by atoms with Gasteiger partial charge in [-0.1, -0.05) is 73.7 Å². The fraction of sp³-hybridized carbons (Fsp3) is 0.375. The molecule has 0 fully saturated rings. The summed E-state index contributed by atoms with van der Waals surface area (Å²) in [7, 11) is -3.54. The van der Waals surface area contributed by atoms with E-state index in [1.54, 1.807) is 17.0 Å². The molecule has 0 aliphatic carbocycles. The summed E-state index contributed by atoms with van der Waals surface area (Å²) in [6.07, 6.45) is 2.84. The molecule has 0 bridgehead atoms. The maximum absolute atomic E-state index is 13.8. The molecule has 8 heteroatoms. The lowest BCUT2D eigenvalue weighted by molar-refractivity contribution is -0.141. The Morgan fingerprint density at radius 3 is 2.12 bits per heavy atom. The van der Waals surface area contributed by atoms with Gasteiger partial charge in [-0.3, -0.25) is 13.9 Å². The number of benzene rings is 3. The van der Waals surface area contributed by atoms with Crippen molar-refractivity contribution in [1.29, 1.82) is 0 Å². The minimum Gasteiger partial charge on any atom is -0.355 e. The van der Waals surface area contributed by atoms with Gasteiger partial charge in [-0.15, -0.1) is 0 Å². The van der Waals surface area contributed by atoms with Crippen molar-refractivity contribution in [2.24, 2.45) is 0 Å². The summed E-state index contributed by atoms with van der Waals surface area (Å²) in [6, 6.07) is 24.2. The Morgan fingerprint density at radius 1 is 0.875 bits per heavy atom. The second-order valence-electron chi connectivity index (χ2n) is 10.0. The maximum Gasteiger partial charge on any atom is 0.243 e. The van der Waals surface area contributed by atoms with E-state index in [1.165, 1.54) is 10.6 Å². The van der Waals surface area contributed by atoms with E-state index >= 15 is 0 Å². The van der Waals surface area contributed by atoms with Gasteiger partial charge in [0.05, 0.1) is 11.9 Å². The number of hydrogen-bond donors (Lipinski definition) is 1. The van der Waals surface area contributed by atoms with Crippen LogP contribution in [0.15, 0.2) is 78.9 Å². The van der Waals surface area contributed by atoms with Gasteiger partial charge in [0.15, 0.2) is 0 Å². The number of anilines is 1. The first-order chi connectivity index (χ1) is 19.1. The van der Waals surface area contributed by atoms with Gasteiger partial charge in [-0.05, 0) is 61.1 Å².